The lowest BCUT2D eigenvalue weighted by atomic mass is 9.77. The van der Waals surface area contributed by atoms with Gasteiger partial charge in [-0.1, -0.05) is 17.7 Å². The Bertz CT molecular complexity index is 556. The van der Waals surface area contributed by atoms with E-state index in [9.17, 15) is 5.11 Å². The van der Waals surface area contributed by atoms with Gasteiger partial charge in [0.2, 0.25) is 0 Å². The molecule has 1 aromatic rings. The average molecular weight is 318 g/mol. The van der Waals surface area contributed by atoms with Gasteiger partial charge in [0.1, 0.15) is 0 Å². The fourth-order valence-electron chi connectivity index (χ4n) is 4.94. The lowest BCUT2D eigenvalue weighted by molar-refractivity contribution is -0.167. The van der Waals surface area contributed by atoms with Crippen LogP contribution in [0.25, 0.3) is 0 Å². The third-order valence-electron chi connectivity index (χ3n) is 6.12. The maximum absolute atomic E-state index is 11.3. The van der Waals surface area contributed by atoms with Gasteiger partial charge in [0, 0.05) is 31.1 Å². The number of aliphatic hydroxyl groups excluding tert-OH is 1. The molecule has 2 aliphatic rings. The molecule has 3 rings (SSSR count). The molecule has 2 heterocycles. The zero-order chi connectivity index (χ0) is 16.8. The van der Waals surface area contributed by atoms with Crippen molar-refractivity contribution in [3.8, 4) is 0 Å². The number of nitrogens with zero attached hydrogens (tertiary/aromatic N) is 2. The minimum atomic E-state index is -0.313. The zero-order valence-electron chi connectivity index (χ0n) is 15.1. The van der Waals surface area contributed by atoms with Crippen LogP contribution in [-0.2, 0) is 4.84 Å². The molecule has 2 saturated heterocycles. The molecule has 2 atom stereocenters. The van der Waals surface area contributed by atoms with E-state index in [1.807, 2.05) is 5.06 Å². The van der Waals surface area contributed by atoms with Gasteiger partial charge in [-0.05, 0) is 57.4 Å². The molecule has 1 spiro atoms. The molecule has 0 amide bonds. The highest BCUT2D eigenvalue weighted by Gasteiger charge is 2.53. The van der Waals surface area contributed by atoms with E-state index in [1.54, 1.807) is 7.11 Å². The molecule has 23 heavy (non-hydrogen) atoms. The molecular weight excluding hydrogens is 288 g/mol. The fourth-order valence-corrected chi connectivity index (χ4v) is 4.94. The summed E-state index contributed by atoms with van der Waals surface area (Å²) in [6, 6.07) is 4.49. The third-order valence-corrected chi connectivity index (χ3v) is 6.12. The Labute approximate surface area is 140 Å². The topological polar surface area (TPSA) is 35.9 Å². The number of hydrogen-bond donors (Lipinski definition) is 1. The number of aliphatic hydroxyl groups is 1. The second-order valence-electron chi connectivity index (χ2n) is 7.46. The van der Waals surface area contributed by atoms with Crippen LogP contribution in [0.15, 0.2) is 12.1 Å². The molecule has 0 aromatic heterocycles. The summed E-state index contributed by atoms with van der Waals surface area (Å²) in [5.74, 6) is 0.203. The highest BCUT2D eigenvalue weighted by Crippen LogP contribution is 2.45. The van der Waals surface area contributed by atoms with Gasteiger partial charge in [0.15, 0.2) is 0 Å². The van der Waals surface area contributed by atoms with Gasteiger partial charge in [-0.15, -0.1) is 0 Å². The first-order valence-electron chi connectivity index (χ1n) is 8.65. The van der Waals surface area contributed by atoms with E-state index in [4.69, 9.17) is 4.84 Å². The summed E-state index contributed by atoms with van der Waals surface area (Å²) >= 11 is 0. The molecule has 2 aliphatic heterocycles. The first kappa shape index (κ1) is 16.9. The second-order valence-corrected chi connectivity index (χ2v) is 7.46. The van der Waals surface area contributed by atoms with Crippen LogP contribution in [0.3, 0.4) is 0 Å². The number of likely N-dealkylation sites (N-methyl/N-ethyl adjacent to an activating group) is 1. The van der Waals surface area contributed by atoms with E-state index in [-0.39, 0.29) is 17.6 Å². The molecule has 0 aliphatic carbocycles. The molecule has 2 unspecified atom stereocenters. The monoisotopic (exact) mass is 318 g/mol. The van der Waals surface area contributed by atoms with Crippen molar-refractivity contribution in [1.29, 1.82) is 0 Å². The molecule has 1 N–H and O–H groups in total. The number of piperidine rings is 1. The number of hydrogen-bond acceptors (Lipinski definition) is 4. The number of hydroxylamine groups is 2. The van der Waals surface area contributed by atoms with Crippen molar-refractivity contribution in [2.45, 2.75) is 51.2 Å². The van der Waals surface area contributed by atoms with Crippen molar-refractivity contribution in [1.82, 2.24) is 9.96 Å². The number of rotatable bonds is 2. The second kappa shape index (κ2) is 6.17. The van der Waals surface area contributed by atoms with Gasteiger partial charge in [-0.3, -0.25) is 4.90 Å². The van der Waals surface area contributed by atoms with Crippen molar-refractivity contribution < 1.29 is 9.94 Å². The molecule has 2 fully saturated rings. The van der Waals surface area contributed by atoms with Gasteiger partial charge >= 0.3 is 0 Å². The predicted molar refractivity (Wildman–Crippen MR) is 92.6 cm³/mol. The Hall–Kier alpha value is -0.940. The zero-order valence-corrected chi connectivity index (χ0v) is 15.1. The number of aryl methyl sites for hydroxylation is 3. The SMILES string of the molecule is CON1CCC2(CC1)C(O)C(c1c(C)cc(C)cc1C)CN2C. The van der Waals surface area contributed by atoms with Crippen LogP contribution >= 0.6 is 0 Å². The molecule has 4 heteroatoms. The van der Waals surface area contributed by atoms with E-state index >= 15 is 0 Å². The van der Waals surface area contributed by atoms with Gasteiger partial charge in [0.25, 0.3) is 0 Å². The maximum Gasteiger partial charge on any atom is 0.0805 e. The standard InChI is InChI=1S/C19H30N2O2/c1-13-10-14(2)17(15(3)11-13)16-12-20(4)19(18(16)22)6-8-21(23-5)9-7-19/h10-11,16,18,22H,6-9,12H2,1-5H3. The van der Waals surface area contributed by atoms with E-state index in [2.05, 4.69) is 44.9 Å². The van der Waals surface area contributed by atoms with Crippen LogP contribution in [0.2, 0.25) is 0 Å². The highest BCUT2D eigenvalue weighted by atomic mass is 16.7. The van der Waals surface area contributed by atoms with Gasteiger partial charge in [-0.2, -0.15) is 5.06 Å². The van der Waals surface area contributed by atoms with Crippen molar-refractivity contribution in [2.24, 2.45) is 0 Å². The van der Waals surface area contributed by atoms with Crippen LogP contribution in [-0.4, -0.2) is 60.5 Å². The van der Waals surface area contributed by atoms with E-state index in [0.29, 0.717) is 0 Å². The lowest BCUT2D eigenvalue weighted by Gasteiger charge is -2.44. The van der Waals surface area contributed by atoms with Crippen LogP contribution in [0, 0.1) is 20.8 Å². The van der Waals surface area contributed by atoms with E-state index < -0.39 is 0 Å². The quantitative estimate of drug-likeness (QED) is 0.908. The van der Waals surface area contributed by atoms with Crippen LogP contribution < -0.4 is 0 Å². The lowest BCUT2D eigenvalue weighted by Crippen LogP contribution is -2.56. The molecule has 0 radical (unpaired) electrons. The Morgan fingerprint density at radius 1 is 1.13 bits per heavy atom. The normalized spacial score (nSPS) is 28.6. The summed E-state index contributed by atoms with van der Waals surface area (Å²) in [4.78, 5) is 7.76. The van der Waals surface area contributed by atoms with Crippen molar-refractivity contribution in [3.63, 3.8) is 0 Å². The van der Waals surface area contributed by atoms with E-state index in [0.717, 1.165) is 32.5 Å². The number of likely N-dealkylation sites (tertiary alicyclic amines) is 1. The Morgan fingerprint density at radius 2 is 1.70 bits per heavy atom. The van der Waals surface area contributed by atoms with Crippen LogP contribution in [0.4, 0.5) is 0 Å². The summed E-state index contributed by atoms with van der Waals surface area (Å²) in [6.45, 7) is 9.20. The summed E-state index contributed by atoms with van der Waals surface area (Å²) in [5.41, 5.74) is 5.16. The number of benzene rings is 1. The Balaban J connectivity index is 1.90. The van der Waals surface area contributed by atoms with Crippen LogP contribution in [0.5, 0.6) is 0 Å². The Morgan fingerprint density at radius 3 is 2.22 bits per heavy atom. The average Bonchev–Trinajstić information content (AvgIpc) is 2.73. The molecule has 0 bridgehead atoms. The predicted octanol–water partition coefficient (Wildman–Crippen LogP) is 2.40. The molecular formula is C19H30N2O2. The summed E-state index contributed by atoms with van der Waals surface area (Å²) in [5, 5.41) is 13.3. The summed E-state index contributed by atoms with van der Waals surface area (Å²) in [6.07, 6.45) is 1.60. The first-order chi connectivity index (χ1) is 10.9. The van der Waals surface area contributed by atoms with Crippen molar-refractivity contribution in [3.05, 3.63) is 34.4 Å². The smallest absolute Gasteiger partial charge is 0.0805 e. The highest BCUT2D eigenvalue weighted by molar-refractivity contribution is 5.42. The van der Waals surface area contributed by atoms with Gasteiger partial charge < -0.3 is 9.94 Å². The third kappa shape index (κ3) is 2.72. The molecule has 1 aromatic carbocycles. The Kier molecular flexibility index (Phi) is 4.53. The van der Waals surface area contributed by atoms with E-state index in [1.165, 1.54) is 22.3 Å². The summed E-state index contributed by atoms with van der Waals surface area (Å²) in [7, 11) is 3.90. The van der Waals surface area contributed by atoms with Crippen LogP contribution in [0.1, 0.15) is 41.0 Å². The maximum atomic E-state index is 11.3. The molecule has 0 saturated carbocycles. The minimum absolute atomic E-state index is 0.108. The van der Waals surface area contributed by atoms with Crippen molar-refractivity contribution in [2.75, 3.05) is 33.8 Å². The molecule has 128 valence electrons. The fraction of sp³-hybridized carbons (Fsp3) is 0.684. The minimum Gasteiger partial charge on any atom is -0.391 e. The molecule has 4 nitrogen and oxygen atoms in total. The first-order valence-corrected chi connectivity index (χ1v) is 8.65. The van der Waals surface area contributed by atoms with Crippen molar-refractivity contribution >= 4 is 0 Å². The largest absolute Gasteiger partial charge is 0.391 e. The van der Waals surface area contributed by atoms with Gasteiger partial charge in [-0.25, -0.2) is 0 Å². The summed E-state index contributed by atoms with van der Waals surface area (Å²) < 4.78 is 0. The van der Waals surface area contributed by atoms with Gasteiger partial charge in [0.05, 0.1) is 13.2 Å².